The molecule has 0 unspecified atom stereocenters. The molecule has 1 aromatic heterocycles. The van der Waals surface area contributed by atoms with Crippen LogP contribution < -0.4 is 9.67 Å². The number of hydrogen-bond acceptors (Lipinski definition) is 5. The summed E-state index contributed by atoms with van der Waals surface area (Å²) < 4.78 is 124. The maximum atomic E-state index is 15.2. The third-order valence-electron chi connectivity index (χ3n) is 7.20. The first kappa shape index (κ1) is 34.1. The summed E-state index contributed by atoms with van der Waals surface area (Å²) in [7, 11) is 2.81. The van der Waals surface area contributed by atoms with Crippen LogP contribution in [-0.4, -0.2) is 45.3 Å². The standard InChI is InChI=1S/C30H28F8N6O2/c1-5-7-9-43-13-11-41(3)29(43)27(45)39-25-21(35)17(31)15(18(32)22(25)36)16-19(33)23(37)26(24(38)20(16)34)40-28(46)30-42(4)12-14-44(30)10-8-6-2/h11-14H,5-10H2,1-4H3/b16-15?,29-27+,39-25?,40-26?. The molecule has 0 atom stereocenters. The molecule has 0 N–H and O–H groups in total. The largest absolute Gasteiger partial charge is 0.856 e. The van der Waals surface area contributed by atoms with Crippen LogP contribution in [0.1, 0.15) is 50.1 Å². The second-order valence-electron chi connectivity index (χ2n) is 10.4. The maximum absolute atomic E-state index is 15.2. The van der Waals surface area contributed by atoms with Gasteiger partial charge < -0.3 is 14.9 Å². The average Bonchev–Trinajstić information content (AvgIpc) is 3.59. The van der Waals surface area contributed by atoms with Gasteiger partial charge >= 0.3 is 11.7 Å². The van der Waals surface area contributed by atoms with Gasteiger partial charge in [-0.3, -0.25) is 9.79 Å². The molecule has 46 heavy (non-hydrogen) atoms. The Hall–Kier alpha value is -4.76. The van der Waals surface area contributed by atoms with Crippen molar-refractivity contribution in [1.82, 2.24) is 14.4 Å². The molecule has 0 radical (unpaired) electrons. The van der Waals surface area contributed by atoms with Crippen LogP contribution in [-0.2, 0) is 13.6 Å². The Kier molecular flexibility index (Phi) is 10.2. The second kappa shape index (κ2) is 13.7. The number of rotatable bonds is 8. The van der Waals surface area contributed by atoms with Gasteiger partial charge in [0.2, 0.25) is 0 Å². The number of halogens is 8. The number of nitrogens with zero attached hydrogens (tertiary/aromatic N) is 6. The van der Waals surface area contributed by atoms with Crippen molar-refractivity contribution < 1.29 is 49.6 Å². The van der Waals surface area contributed by atoms with E-state index in [2.05, 4.69) is 9.98 Å². The number of hydrogen-bond donors (Lipinski definition) is 0. The average molecular weight is 657 g/mol. The van der Waals surface area contributed by atoms with E-state index in [9.17, 15) is 9.90 Å². The molecule has 1 aliphatic heterocycles. The molecule has 16 heteroatoms. The van der Waals surface area contributed by atoms with Gasteiger partial charge in [0, 0.05) is 31.9 Å². The zero-order valence-electron chi connectivity index (χ0n) is 25.1. The van der Waals surface area contributed by atoms with Gasteiger partial charge in [-0.25, -0.2) is 44.3 Å². The summed E-state index contributed by atoms with van der Waals surface area (Å²) >= 11 is 0. The maximum Gasteiger partial charge on any atom is 0.360 e. The number of carbonyl (C=O) groups excluding carboxylic acids is 1. The molecule has 0 fully saturated rings. The van der Waals surface area contributed by atoms with Crippen molar-refractivity contribution in [2.45, 2.75) is 46.1 Å². The third-order valence-corrected chi connectivity index (χ3v) is 7.20. The van der Waals surface area contributed by atoms with Crippen LogP contribution in [0.15, 0.2) is 104 Å². The Morgan fingerprint density at radius 2 is 1.24 bits per heavy atom. The molecule has 1 amide bonds. The molecule has 2 aliphatic carbocycles. The highest BCUT2D eigenvalue weighted by atomic mass is 19.2. The van der Waals surface area contributed by atoms with Crippen molar-refractivity contribution in [3.05, 3.63) is 100 Å². The number of unbranched alkanes of at least 4 members (excludes halogenated alkanes) is 2. The highest BCUT2D eigenvalue weighted by Gasteiger charge is 2.42. The summed E-state index contributed by atoms with van der Waals surface area (Å²) in [6.45, 7) is 4.33. The lowest BCUT2D eigenvalue weighted by Crippen LogP contribution is -2.35. The van der Waals surface area contributed by atoms with Crippen molar-refractivity contribution in [3.8, 4) is 0 Å². The zero-order chi connectivity index (χ0) is 34.0. The van der Waals surface area contributed by atoms with E-state index in [4.69, 9.17) is 0 Å². The molecule has 2 heterocycles. The van der Waals surface area contributed by atoms with Crippen LogP contribution >= 0.6 is 0 Å². The van der Waals surface area contributed by atoms with Gasteiger partial charge in [0.1, 0.15) is 29.6 Å². The first-order valence-electron chi connectivity index (χ1n) is 14.1. The Morgan fingerprint density at radius 1 is 0.761 bits per heavy atom. The fourth-order valence-corrected chi connectivity index (χ4v) is 4.79. The SMILES string of the molecule is CCCCN1C=CN(C)/C1=C(\[O-])N=C1C(F)=C(F)C(=C2C(F)=C(F)C(=NC(=O)c3n(CCCC)cc[n+]3C)C(F)=C2F)C(F)=C1F. The van der Waals surface area contributed by atoms with E-state index in [1.165, 1.54) is 57.8 Å². The molecule has 4 rings (SSSR count). The molecule has 246 valence electrons. The predicted molar refractivity (Wildman–Crippen MR) is 149 cm³/mol. The molecule has 0 saturated heterocycles. The second-order valence-corrected chi connectivity index (χ2v) is 10.4. The summed E-state index contributed by atoms with van der Waals surface area (Å²) in [5.74, 6) is -22.5. The van der Waals surface area contributed by atoms with Crippen molar-refractivity contribution >= 4 is 17.3 Å². The van der Waals surface area contributed by atoms with Gasteiger partial charge in [-0.1, -0.05) is 26.7 Å². The third kappa shape index (κ3) is 6.07. The number of imidazole rings is 1. The van der Waals surface area contributed by atoms with Gasteiger partial charge in [0.05, 0.1) is 24.7 Å². The molecule has 0 aromatic carbocycles. The van der Waals surface area contributed by atoms with E-state index >= 15 is 35.1 Å². The number of aliphatic imine (C=N–C) groups is 2. The molecular weight excluding hydrogens is 628 g/mol. The highest BCUT2D eigenvalue weighted by Crippen LogP contribution is 2.46. The number of carbonyl (C=O) groups is 1. The van der Waals surface area contributed by atoms with E-state index < -0.39 is 81.0 Å². The quantitative estimate of drug-likeness (QED) is 0.194. The van der Waals surface area contributed by atoms with Gasteiger partial charge in [-0.2, -0.15) is 4.99 Å². The first-order chi connectivity index (χ1) is 21.8. The van der Waals surface area contributed by atoms with Crippen molar-refractivity contribution in [3.63, 3.8) is 0 Å². The molecule has 1 aromatic rings. The number of amides is 1. The van der Waals surface area contributed by atoms with E-state index in [0.29, 0.717) is 25.9 Å². The normalized spacial score (nSPS) is 18.7. The summed E-state index contributed by atoms with van der Waals surface area (Å²) in [6.07, 6.45) is 8.44. The number of aryl methyl sites for hydroxylation is 2. The van der Waals surface area contributed by atoms with Crippen molar-refractivity contribution in [2.75, 3.05) is 13.6 Å². The lowest BCUT2D eigenvalue weighted by molar-refractivity contribution is -0.673. The van der Waals surface area contributed by atoms with E-state index in [1.54, 1.807) is 0 Å². The summed E-state index contributed by atoms with van der Waals surface area (Å²) in [5.41, 5.74) is -7.84. The molecule has 8 nitrogen and oxygen atoms in total. The van der Waals surface area contributed by atoms with Gasteiger partial charge in [-0.15, -0.1) is 0 Å². The smallest absolute Gasteiger partial charge is 0.360 e. The minimum Gasteiger partial charge on any atom is -0.856 e. The lowest BCUT2D eigenvalue weighted by atomic mass is 9.93. The lowest BCUT2D eigenvalue weighted by Gasteiger charge is -2.27. The first-order valence-corrected chi connectivity index (χ1v) is 14.1. The highest BCUT2D eigenvalue weighted by molar-refractivity contribution is 6.18. The van der Waals surface area contributed by atoms with E-state index in [1.807, 2.05) is 13.8 Å². The zero-order valence-corrected chi connectivity index (χ0v) is 25.1. The Bertz CT molecular complexity index is 1700. The van der Waals surface area contributed by atoms with Crippen molar-refractivity contribution in [2.24, 2.45) is 17.0 Å². The van der Waals surface area contributed by atoms with E-state index in [-0.39, 0.29) is 11.6 Å². The molecular formula is C30H28F8N6O2. The van der Waals surface area contributed by atoms with Crippen LogP contribution in [0.4, 0.5) is 35.1 Å². The number of aromatic nitrogens is 2. The summed E-state index contributed by atoms with van der Waals surface area (Å²) in [5, 5.41) is 12.8. The fraction of sp³-hybridized carbons (Fsp3) is 0.333. The Balaban J connectivity index is 1.81. The molecule has 0 bridgehead atoms. The monoisotopic (exact) mass is 656 g/mol. The predicted octanol–water partition coefficient (Wildman–Crippen LogP) is 6.07. The van der Waals surface area contributed by atoms with Gasteiger partial charge in [0.25, 0.3) is 0 Å². The van der Waals surface area contributed by atoms with Crippen LogP contribution in [0.3, 0.4) is 0 Å². The summed E-state index contributed by atoms with van der Waals surface area (Å²) in [4.78, 5) is 21.8. The Labute approximate surface area is 258 Å². The minimum absolute atomic E-state index is 0.210. The molecule has 3 aliphatic rings. The fourth-order valence-electron chi connectivity index (χ4n) is 4.79. The number of allylic oxidation sites excluding steroid dienone is 10. The van der Waals surface area contributed by atoms with Gasteiger partial charge in [-0.05, 0) is 12.8 Å². The Morgan fingerprint density at radius 3 is 1.74 bits per heavy atom. The van der Waals surface area contributed by atoms with Crippen LogP contribution in [0.5, 0.6) is 0 Å². The van der Waals surface area contributed by atoms with E-state index in [0.717, 1.165) is 12.8 Å². The summed E-state index contributed by atoms with van der Waals surface area (Å²) in [6, 6.07) is 0. The van der Waals surface area contributed by atoms with Crippen LogP contribution in [0.2, 0.25) is 0 Å². The van der Waals surface area contributed by atoms with Crippen molar-refractivity contribution in [1.29, 1.82) is 0 Å². The van der Waals surface area contributed by atoms with Crippen LogP contribution in [0.25, 0.3) is 0 Å². The molecule has 0 spiro atoms. The minimum atomic E-state index is -2.49. The van der Waals surface area contributed by atoms with Gasteiger partial charge in [0.15, 0.2) is 46.6 Å². The topological polar surface area (TPSA) is 80.1 Å². The van der Waals surface area contributed by atoms with Crippen LogP contribution in [0, 0.1) is 0 Å². The molecule has 0 saturated carbocycles.